The molecule has 2 atom stereocenters. The summed E-state index contributed by atoms with van der Waals surface area (Å²) < 4.78 is 0. The molecule has 0 bridgehead atoms. The molecule has 24 heavy (non-hydrogen) atoms. The number of phenolic OH excluding ortho intramolecular Hbond substituents is 2. The molecule has 1 aromatic rings. The van der Waals surface area contributed by atoms with Crippen molar-refractivity contribution in [2.45, 2.75) is 58.5 Å². The van der Waals surface area contributed by atoms with Crippen LogP contribution in [-0.4, -0.2) is 26.9 Å². The van der Waals surface area contributed by atoms with Crippen LogP contribution in [0.4, 0.5) is 0 Å². The maximum Gasteiger partial charge on any atom is 0.229 e. The third-order valence-electron chi connectivity index (χ3n) is 5.73. The van der Waals surface area contributed by atoms with E-state index in [0.717, 1.165) is 0 Å². The fourth-order valence-corrected chi connectivity index (χ4v) is 4.59. The molecule has 0 saturated heterocycles. The molecule has 3 N–H and O–H groups in total. The molecule has 1 saturated carbocycles. The van der Waals surface area contributed by atoms with Gasteiger partial charge in [0.05, 0.1) is 5.92 Å². The van der Waals surface area contributed by atoms with E-state index in [1.807, 2.05) is 27.7 Å². The summed E-state index contributed by atoms with van der Waals surface area (Å²) in [6, 6.07) is 1.45. The number of hydrogen-bond donors (Lipinski definition) is 3. The van der Waals surface area contributed by atoms with E-state index in [9.17, 15) is 24.9 Å². The van der Waals surface area contributed by atoms with Gasteiger partial charge in [-0.1, -0.05) is 27.7 Å². The van der Waals surface area contributed by atoms with Crippen molar-refractivity contribution in [3.8, 4) is 11.5 Å². The number of phenols is 2. The maximum absolute atomic E-state index is 12.8. The summed E-state index contributed by atoms with van der Waals surface area (Å²) in [7, 11) is 0. The average Bonchev–Trinajstić information content (AvgIpc) is 2.46. The number of hydrogen-bond acceptors (Lipinski definition) is 5. The van der Waals surface area contributed by atoms with Gasteiger partial charge in [0, 0.05) is 16.7 Å². The second-order valence-corrected chi connectivity index (χ2v) is 8.13. The standard InChI is InChI=1S/C19H24O5/c1-9(2)10-8-11-12(15(22)13(10)20)19(24)7-5-6-18(3,4)17(19)16(23)14(11)21/h8-9,17,20,22,24H,5-7H2,1-4H3/t17?,19-/m0/s1. The number of ketones is 2. The van der Waals surface area contributed by atoms with Gasteiger partial charge >= 0.3 is 0 Å². The number of Topliss-reactive ketones (excluding diaryl/α,β-unsaturated/α-hetero) is 2. The first-order valence-electron chi connectivity index (χ1n) is 8.42. The lowest BCUT2D eigenvalue weighted by atomic mass is 9.54. The summed E-state index contributed by atoms with van der Waals surface area (Å²) in [4.78, 5) is 25.5. The van der Waals surface area contributed by atoms with Gasteiger partial charge in [0.15, 0.2) is 11.5 Å². The van der Waals surface area contributed by atoms with E-state index in [1.165, 1.54) is 6.07 Å². The van der Waals surface area contributed by atoms with Crippen LogP contribution < -0.4 is 0 Å². The number of fused-ring (bicyclic) bond motifs is 3. The molecule has 0 heterocycles. The van der Waals surface area contributed by atoms with Crippen LogP contribution in [0.15, 0.2) is 6.07 Å². The zero-order chi connectivity index (χ0) is 18.0. The molecule has 130 valence electrons. The molecule has 0 aliphatic heterocycles. The minimum Gasteiger partial charge on any atom is -0.504 e. The molecule has 1 aromatic carbocycles. The van der Waals surface area contributed by atoms with Gasteiger partial charge < -0.3 is 15.3 Å². The predicted octanol–water partition coefficient (Wildman–Crippen LogP) is 3.00. The molecule has 0 amide bonds. The molecular formula is C19H24O5. The van der Waals surface area contributed by atoms with Gasteiger partial charge in [-0.2, -0.15) is 0 Å². The Labute approximate surface area is 141 Å². The van der Waals surface area contributed by atoms with Crippen molar-refractivity contribution in [2.24, 2.45) is 11.3 Å². The lowest BCUT2D eigenvalue weighted by molar-refractivity contribution is -0.150. The summed E-state index contributed by atoms with van der Waals surface area (Å²) in [6.07, 6.45) is 1.67. The molecule has 3 rings (SSSR count). The second-order valence-electron chi connectivity index (χ2n) is 8.13. The maximum atomic E-state index is 12.8. The Balaban J connectivity index is 2.36. The van der Waals surface area contributed by atoms with Gasteiger partial charge in [-0.05, 0) is 36.7 Å². The van der Waals surface area contributed by atoms with E-state index in [-0.39, 0.29) is 29.2 Å². The Kier molecular flexibility index (Phi) is 3.57. The number of carbonyl (C=O) groups excluding carboxylic acids is 2. The molecule has 0 spiro atoms. The normalized spacial score (nSPS) is 28.7. The molecule has 0 aromatic heterocycles. The van der Waals surface area contributed by atoms with Crippen molar-refractivity contribution < 1.29 is 24.9 Å². The van der Waals surface area contributed by atoms with Gasteiger partial charge in [0.2, 0.25) is 11.6 Å². The molecular weight excluding hydrogens is 308 g/mol. The minimum absolute atomic E-state index is 0.0202. The fraction of sp³-hybridized carbons (Fsp3) is 0.579. The summed E-state index contributed by atoms with van der Waals surface area (Å²) >= 11 is 0. The first-order chi connectivity index (χ1) is 11.0. The lowest BCUT2D eigenvalue weighted by Gasteiger charge is -2.51. The van der Waals surface area contributed by atoms with Crippen LogP contribution in [0.25, 0.3) is 0 Å². The lowest BCUT2D eigenvalue weighted by Crippen LogP contribution is -2.56. The second kappa shape index (κ2) is 5.06. The highest BCUT2D eigenvalue weighted by Gasteiger charge is 2.59. The van der Waals surface area contributed by atoms with E-state index in [0.29, 0.717) is 18.4 Å². The van der Waals surface area contributed by atoms with Crippen LogP contribution in [0.2, 0.25) is 0 Å². The number of carbonyl (C=O) groups is 2. The van der Waals surface area contributed by atoms with E-state index in [4.69, 9.17) is 0 Å². The van der Waals surface area contributed by atoms with Crippen molar-refractivity contribution in [1.29, 1.82) is 0 Å². The monoisotopic (exact) mass is 332 g/mol. The molecule has 1 unspecified atom stereocenters. The summed E-state index contributed by atoms with van der Waals surface area (Å²) in [5, 5.41) is 32.3. The van der Waals surface area contributed by atoms with E-state index in [2.05, 4.69) is 0 Å². The first-order valence-corrected chi connectivity index (χ1v) is 8.42. The Bertz CT molecular complexity index is 747. The van der Waals surface area contributed by atoms with Crippen LogP contribution in [0, 0.1) is 11.3 Å². The van der Waals surface area contributed by atoms with Crippen molar-refractivity contribution >= 4 is 11.6 Å². The quantitative estimate of drug-likeness (QED) is 0.543. The topological polar surface area (TPSA) is 94.8 Å². The van der Waals surface area contributed by atoms with Crippen molar-refractivity contribution in [3.63, 3.8) is 0 Å². The molecule has 5 heteroatoms. The minimum atomic E-state index is -1.63. The van der Waals surface area contributed by atoms with Crippen LogP contribution in [0.3, 0.4) is 0 Å². The van der Waals surface area contributed by atoms with Crippen LogP contribution in [-0.2, 0) is 10.4 Å². The average molecular weight is 332 g/mol. The highest BCUT2D eigenvalue weighted by atomic mass is 16.3. The summed E-state index contributed by atoms with van der Waals surface area (Å²) in [5.74, 6) is -3.13. The Morgan fingerprint density at radius 1 is 1.12 bits per heavy atom. The largest absolute Gasteiger partial charge is 0.504 e. The highest BCUT2D eigenvalue weighted by Crippen LogP contribution is 2.58. The summed E-state index contributed by atoms with van der Waals surface area (Å²) in [5.41, 5.74) is -1.75. The molecule has 1 fully saturated rings. The Morgan fingerprint density at radius 2 is 1.75 bits per heavy atom. The molecule has 2 aliphatic carbocycles. The number of rotatable bonds is 1. The zero-order valence-electron chi connectivity index (χ0n) is 14.5. The first kappa shape index (κ1) is 17.0. The molecule has 5 nitrogen and oxygen atoms in total. The van der Waals surface area contributed by atoms with Gasteiger partial charge in [-0.15, -0.1) is 0 Å². The number of aliphatic hydroxyl groups is 1. The molecule has 0 radical (unpaired) electrons. The zero-order valence-corrected chi connectivity index (χ0v) is 14.5. The predicted molar refractivity (Wildman–Crippen MR) is 88.2 cm³/mol. The number of aromatic hydroxyl groups is 2. The van der Waals surface area contributed by atoms with E-state index in [1.54, 1.807) is 0 Å². The van der Waals surface area contributed by atoms with E-state index < -0.39 is 34.2 Å². The Morgan fingerprint density at radius 3 is 2.33 bits per heavy atom. The van der Waals surface area contributed by atoms with Gasteiger partial charge in [0.25, 0.3) is 0 Å². The van der Waals surface area contributed by atoms with Crippen LogP contribution >= 0.6 is 0 Å². The molecule has 2 aliphatic rings. The van der Waals surface area contributed by atoms with Crippen LogP contribution in [0.5, 0.6) is 11.5 Å². The van der Waals surface area contributed by atoms with Gasteiger partial charge in [0.1, 0.15) is 5.60 Å². The Hall–Kier alpha value is -1.88. The summed E-state index contributed by atoms with van der Waals surface area (Å²) in [6.45, 7) is 7.35. The van der Waals surface area contributed by atoms with Crippen LogP contribution in [0.1, 0.15) is 74.4 Å². The number of benzene rings is 1. The fourth-order valence-electron chi connectivity index (χ4n) is 4.59. The highest BCUT2D eigenvalue weighted by molar-refractivity contribution is 6.46. The van der Waals surface area contributed by atoms with E-state index >= 15 is 0 Å². The smallest absolute Gasteiger partial charge is 0.229 e. The third kappa shape index (κ3) is 2.04. The third-order valence-corrected chi connectivity index (χ3v) is 5.73. The van der Waals surface area contributed by atoms with Crippen molar-refractivity contribution in [2.75, 3.05) is 0 Å². The van der Waals surface area contributed by atoms with Crippen molar-refractivity contribution in [1.82, 2.24) is 0 Å². The SMILES string of the molecule is CC(C)c1cc2c(c(O)c1O)[C@@]1(O)CCCC(C)(C)C1C(=O)C2=O. The van der Waals surface area contributed by atoms with Gasteiger partial charge in [-0.3, -0.25) is 9.59 Å². The van der Waals surface area contributed by atoms with Crippen molar-refractivity contribution in [3.05, 3.63) is 22.8 Å². The van der Waals surface area contributed by atoms with Gasteiger partial charge in [-0.25, -0.2) is 0 Å².